The van der Waals surface area contributed by atoms with Crippen LogP contribution in [-0.2, 0) is 19.6 Å². The Morgan fingerprint density at radius 2 is 1.77 bits per heavy atom. The quantitative estimate of drug-likeness (QED) is 0.336. The van der Waals surface area contributed by atoms with Gasteiger partial charge >= 0.3 is 0 Å². The molecule has 0 unspecified atom stereocenters. The molecule has 4 heterocycles. The van der Waals surface area contributed by atoms with Crippen LogP contribution in [0.15, 0.2) is 68.6 Å². The van der Waals surface area contributed by atoms with Crippen molar-refractivity contribution in [3.63, 3.8) is 0 Å². The highest BCUT2D eigenvalue weighted by Gasteiger charge is 2.27. The van der Waals surface area contributed by atoms with Crippen molar-refractivity contribution in [3.05, 3.63) is 99.4 Å². The van der Waals surface area contributed by atoms with Crippen LogP contribution >= 0.6 is 0 Å². The Labute approximate surface area is 202 Å². The third kappa shape index (κ3) is 4.81. The molecule has 5 aromatic rings. The molecule has 5 rings (SSSR count). The van der Waals surface area contributed by atoms with Gasteiger partial charge in [0.15, 0.2) is 5.82 Å². The van der Waals surface area contributed by atoms with Gasteiger partial charge in [-0.2, -0.15) is 0 Å². The highest BCUT2D eigenvalue weighted by Crippen LogP contribution is 2.27. The first-order valence-corrected chi connectivity index (χ1v) is 11.7. The van der Waals surface area contributed by atoms with Crippen LogP contribution in [0.4, 0.5) is 0 Å². The number of pyridine rings is 1. The molecule has 9 heteroatoms. The van der Waals surface area contributed by atoms with Crippen molar-refractivity contribution in [2.24, 2.45) is 0 Å². The molecular formula is C26H28N6O3. The van der Waals surface area contributed by atoms with Crippen molar-refractivity contribution in [1.82, 2.24) is 30.1 Å². The number of hydrogen-bond acceptors (Lipinski definition) is 7. The van der Waals surface area contributed by atoms with Crippen LogP contribution < -0.4 is 5.56 Å². The lowest BCUT2D eigenvalue weighted by atomic mass is 10.0. The minimum atomic E-state index is -0.153. The zero-order chi connectivity index (χ0) is 24.4. The third-order valence-corrected chi connectivity index (χ3v) is 6.42. The molecule has 4 aromatic heterocycles. The number of fused-ring (bicyclic) bond motifs is 1. The van der Waals surface area contributed by atoms with Crippen molar-refractivity contribution in [1.29, 1.82) is 0 Å². The summed E-state index contributed by atoms with van der Waals surface area (Å²) in [5, 5.41) is 13.5. The molecule has 0 saturated carbocycles. The van der Waals surface area contributed by atoms with Crippen LogP contribution in [0.2, 0.25) is 0 Å². The first-order chi connectivity index (χ1) is 17.0. The number of aromatic amines is 1. The zero-order valence-electron chi connectivity index (χ0n) is 20.1. The second-order valence-corrected chi connectivity index (χ2v) is 8.83. The second kappa shape index (κ2) is 9.71. The fourth-order valence-corrected chi connectivity index (χ4v) is 4.45. The van der Waals surface area contributed by atoms with Gasteiger partial charge in [-0.05, 0) is 89.7 Å². The summed E-state index contributed by atoms with van der Waals surface area (Å²) in [4.78, 5) is 18.3. The van der Waals surface area contributed by atoms with E-state index in [-0.39, 0.29) is 11.6 Å². The Bertz CT molecular complexity index is 1470. The Kier molecular flexibility index (Phi) is 6.33. The number of H-pyrrole nitrogens is 1. The molecule has 0 bridgehead atoms. The Morgan fingerprint density at radius 1 is 1.03 bits per heavy atom. The van der Waals surface area contributed by atoms with Gasteiger partial charge in [0.1, 0.15) is 18.1 Å². The van der Waals surface area contributed by atoms with E-state index in [0.29, 0.717) is 31.0 Å². The number of rotatable bonds is 9. The molecule has 0 radical (unpaired) electrons. The topological polar surface area (TPSA) is 106 Å². The number of furan rings is 2. The van der Waals surface area contributed by atoms with Crippen molar-refractivity contribution < 1.29 is 8.83 Å². The molecular weight excluding hydrogens is 444 g/mol. The van der Waals surface area contributed by atoms with E-state index in [2.05, 4.69) is 45.3 Å². The van der Waals surface area contributed by atoms with Crippen molar-refractivity contribution in [3.8, 4) is 0 Å². The predicted molar refractivity (Wildman–Crippen MR) is 131 cm³/mol. The highest BCUT2D eigenvalue weighted by molar-refractivity contribution is 5.80. The number of aryl methyl sites for hydroxylation is 2. The minimum absolute atomic E-state index is 0.102. The van der Waals surface area contributed by atoms with Crippen molar-refractivity contribution in [2.45, 2.75) is 52.9 Å². The highest BCUT2D eigenvalue weighted by atomic mass is 16.3. The second-order valence-electron chi connectivity index (χ2n) is 8.83. The molecule has 0 spiro atoms. The SMILES string of the molecule is CC[C@@H](c1nnnn1Cc1ccco1)N(Cc1ccco1)Cc1cc2cc(C)c(C)cc2[nH]c1=O. The number of nitrogens with zero attached hydrogens (tertiary/aromatic N) is 5. The molecule has 1 atom stereocenters. The fourth-order valence-electron chi connectivity index (χ4n) is 4.45. The summed E-state index contributed by atoms with van der Waals surface area (Å²) in [7, 11) is 0. The lowest BCUT2D eigenvalue weighted by molar-refractivity contribution is 0.149. The molecule has 1 N–H and O–H groups in total. The Balaban J connectivity index is 1.52. The standard InChI is InChI=1S/C26H28N6O3/c1-4-24(25-28-29-30-32(25)16-22-8-6-10-35-22)31(15-21-7-5-9-34-21)14-20-13-19-11-17(2)18(3)12-23(19)27-26(20)33/h5-13,24H,4,14-16H2,1-3H3,(H,27,33)/t24-/m0/s1. The van der Waals surface area contributed by atoms with Crippen LogP contribution in [0.25, 0.3) is 10.9 Å². The summed E-state index contributed by atoms with van der Waals surface area (Å²) in [6, 6.07) is 13.5. The summed E-state index contributed by atoms with van der Waals surface area (Å²) in [5.41, 5.74) is 3.75. The molecule has 0 aliphatic rings. The molecule has 0 amide bonds. The largest absolute Gasteiger partial charge is 0.468 e. The van der Waals surface area contributed by atoms with Crippen LogP contribution in [0.3, 0.4) is 0 Å². The van der Waals surface area contributed by atoms with E-state index in [1.807, 2.05) is 43.3 Å². The zero-order valence-corrected chi connectivity index (χ0v) is 20.1. The van der Waals surface area contributed by atoms with Crippen LogP contribution in [-0.4, -0.2) is 30.1 Å². The normalized spacial score (nSPS) is 12.6. The molecule has 9 nitrogen and oxygen atoms in total. The summed E-state index contributed by atoms with van der Waals surface area (Å²) in [6.45, 7) is 7.55. The summed E-state index contributed by atoms with van der Waals surface area (Å²) < 4.78 is 12.9. The van der Waals surface area contributed by atoms with Gasteiger partial charge in [-0.15, -0.1) is 5.10 Å². The summed E-state index contributed by atoms with van der Waals surface area (Å²) in [5.74, 6) is 2.28. The maximum absolute atomic E-state index is 13.1. The lowest BCUT2D eigenvalue weighted by Gasteiger charge is -2.29. The van der Waals surface area contributed by atoms with Gasteiger partial charge in [0.25, 0.3) is 5.56 Å². The molecule has 180 valence electrons. The predicted octanol–water partition coefficient (Wildman–Crippen LogP) is 4.52. The Morgan fingerprint density at radius 3 is 2.49 bits per heavy atom. The van der Waals surface area contributed by atoms with E-state index in [9.17, 15) is 4.79 Å². The van der Waals surface area contributed by atoms with Crippen molar-refractivity contribution in [2.75, 3.05) is 0 Å². The number of nitrogens with one attached hydrogen (secondary N) is 1. The first kappa shape index (κ1) is 22.8. The first-order valence-electron chi connectivity index (χ1n) is 11.7. The number of hydrogen-bond donors (Lipinski definition) is 1. The van der Waals surface area contributed by atoms with Gasteiger partial charge in [0.2, 0.25) is 0 Å². The average Bonchev–Trinajstić information content (AvgIpc) is 3.61. The van der Waals surface area contributed by atoms with Gasteiger partial charge in [0.05, 0.1) is 25.1 Å². The van der Waals surface area contributed by atoms with E-state index in [0.717, 1.165) is 34.4 Å². The van der Waals surface area contributed by atoms with Crippen LogP contribution in [0.5, 0.6) is 0 Å². The Hall–Kier alpha value is -3.98. The van der Waals surface area contributed by atoms with E-state index in [4.69, 9.17) is 8.83 Å². The molecule has 0 fully saturated rings. The van der Waals surface area contributed by atoms with E-state index >= 15 is 0 Å². The number of aromatic nitrogens is 5. The maximum atomic E-state index is 13.1. The fraction of sp³-hybridized carbons (Fsp3) is 0.308. The minimum Gasteiger partial charge on any atom is -0.468 e. The third-order valence-electron chi connectivity index (χ3n) is 6.42. The van der Waals surface area contributed by atoms with E-state index in [1.165, 1.54) is 5.56 Å². The summed E-state index contributed by atoms with van der Waals surface area (Å²) in [6.07, 6.45) is 4.03. The number of tetrazole rings is 1. The average molecular weight is 473 g/mol. The van der Waals surface area contributed by atoms with Crippen LogP contribution in [0, 0.1) is 13.8 Å². The van der Waals surface area contributed by atoms with Crippen molar-refractivity contribution >= 4 is 10.9 Å². The molecule has 1 aromatic carbocycles. The van der Waals surface area contributed by atoms with Gasteiger partial charge in [-0.1, -0.05) is 6.92 Å². The lowest BCUT2D eigenvalue weighted by Crippen LogP contribution is -2.32. The number of benzene rings is 1. The van der Waals surface area contributed by atoms with Gasteiger partial charge in [-0.25, -0.2) is 4.68 Å². The van der Waals surface area contributed by atoms with Crippen LogP contribution in [0.1, 0.15) is 53.4 Å². The molecule has 0 aliphatic heterocycles. The smallest absolute Gasteiger partial charge is 0.252 e. The van der Waals surface area contributed by atoms with Gasteiger partial charge in [0, 0.05) is 17.6 Å². The maximum Gasteiger partial charge on any atom is 0.252 e. The molecule has 0 saturated heterocycles. The summed E-state index contributed by atoms with van der Waals surface area (Å²) >= 11 is 0. The van der Waals surface area contributed by atoms with E-state index < -0.39 is 0 Å². The van der Waals surface area contributed by atoms with E-state index in [1.54, 1.807) is 17.2 Å². The molecule has 0 aliphatic carbocycles. The van der Waals surface area contributed by atoms with Gasteiger partial charge < -0.3 is 13.8 Å². The van der Waals surface area contributed by atoms with Gasteiger partial charge in [-0.3, -0.25) is 9.69 Å². The molecule has 35 heavy (non-hydrogen) atoms. The monoisotopic (exact) mass is 472 g/mol.